The molecule has 3 N–H and O–H groups in total. The third-order valence-corrected chi connectivity index (χ3v) is 6.54. The van der Waals surface area contributed by atoms with Gasteiger partial charge in [-0.3, -0.25) is 19.9 Å². The lowest BCUT2D eigenvalue weighted by atomic mass is 10.1. The summed E-state index contributed by atoms with van der Waals surface area (Å²) in [5.74, 6) is -0.666. The molecule has 38 heavy (non-hydrogen) atoms. The molecule has 6 aromatic rings. The van der Waals surface area contributed by atoms with Crippen LogP contribution in [0.4, 0.5) is 14.5 Å². The maximum atomic E-state index is 16.0. The van der Waals surface area contributed by atoms with Crippen LogP contribution in [-0.2, 0) is 4.79 Å². The smallest absolute Gasteiger partial charge is 0.227 e. The van der Waals surface area contributed by atoms with E-state index in [1.807, 2.05) is 0 Å². The third-order valence-electron chi connectivity index (χ3n) is 6.54. The SMILES string of the molecule is O=C(Nc1cncc(-c2ncc3[nH]nc(-c4nc5nccc(-c6ccc(F)cc6)c5[nH]4)c3c2F)c1)C1CC1. The van der Waals surface area contributed by atoms with Crippen molar-refractivity contribution in [1.29, 1.82) is 0 Å². The Hall–Kier alpha value is -5.06. The molecule has 7 rings (SSSR count). The Kier molecular flexibility index (Phi) is 4.96. The van der Waals surface area contributed by atoms with Crippen LogP contribution < -0.4 is 5.32 Å². The normalized spacial score (nSPS) is 13.3. The number of aromatic nitrogens is 7. The van der Waals surface area contributed by atoms with Gasteiger partial charge in [-0.1, -0.05) is 12.1 Å². The van der Waals surface area contributed by atoms with Crippen molar-refractivity contribution in [3.63, 3.8) is 0 Å². The van der Waals surface area contributed by atoms with Crippen LogP contribution in [0.2, 0.25) is 0 Å². The summed E-state index contributed by atoms with van der Waals surface area (Å²) in [7, 11) is 0. The van der Waals surface area contributed by atoms with Crippen LogP contribution in [0.15, 0.2) is 61.2 Å². The van der Waals surface area contributed by atoms with Gasteiger partial charge in [0.25, 0.3) is 0 Å². The molecule has 5 heterocycles. The molecule has 11 heteroatoms. The first-order chi connectivity index (χ1) is 18.5. The maximum Gasteiger partial charge on any atom is 0.227 e. The van der Waals surface area contributed by atoms with Gasteiger partial charge in [0, 0.05) is 29.4 Å². The van der Waals surface area contributed by atoms with Crippen molar-refractivity contribution >= 4 is 33.7 Å². The highest BCUT2D eigenvalue weighted by Gasteiger charge is 2.29. The standard InChI is InChI=1S/C27H18F2N8O/c28-16-5-3-13(4-6-16)18-7-8-31-25-23(18)34-26(35-25)24-20-19(36-37-24)12-32-22(21(20)29)15-9-17(11-30-10-15)33-27(38)14-1-2-14/h3-12,14H,1-2H2,(H,33,38)(H,36,37)(H,31,34,35). The molecule has 186 valence electrons. The van der Waals surface area contributed by atoms with E-state index < -0.39 is 5.82 Å². The maximum absolute atomic E-state index is 16.0. The number of nitrogens with one attached hydrogen (secondary N) is 3. The van der Waals surface area contributed by atoms with Crippen molar-refractivity contribution in [2.24, 2.45) is 5.92 Å². The van der Waals surface area contributed by atoms with Gasteiger partial charge < -0.3 is 10.3 Å². The number of benzene rings is 1. The first kappa shape index (κ1) is 22.2. The summed E-state index contributed by atoms with van der Waals surface area (Å²) in [6.07, 6.45) is 7.85. The molecule has 0 saturated heterocycles. The summed E-state index contributed by atoms with van der Waals surface area (Å²) >= 11 is 0. The van der Waals surface area contributed by atoms with E-state index in [4.69, 9.17) is 0 Å². The predicted octanol–water partition coefficient (Wildman–Crippen LogP) is 5.25. The summed E-state index contributed by atoms with van der Waals surface area (Å²) in [6.45, 7) is 0. The Morgan fingerprint density at radius 2 is 1.82 bits per heavy atom. The summed E-state index contributed by atoms with van der Waals surface area (Å²) in [5, 5.41) is 10.1. The zero-order valence-corrected chi connectivity index (χ0v) is 19.7. The molecular formula is C27H18F2N8O. The van der Waals surface area contributed by atoms with E-state index in [-0.39, 0.29) is 34.4 Å². The summed E-state index contributed by atoms with van der Waals surface area (Å²) in [6, 6.07) is 9.54. The van der Waals surface area contributed by atoms with Crippen LogP contribution in [0.1, 0.15) is 12.8 Å². The van der Waals surface area contributed by atoms with Crippen molar-refractivity contribution in [2.75, 3.05) is 5.32 Å². The van der Waals surface area contributed by atoms with E-state index in [0.717, 1.165) is 24.0 Å². The van der Waals surface area contributed by atoms with Gasteiger partial charge in [0.2, 0.25) is 5.91 Å². The predicted molar refractivity (Wildman–Crippen MR) is 137 cm³/mol. The molecule has 1 aromatic carbocycles. The van der Waals surface area contributed by atoms with Crippen molar-refractivity contribution in [1.82, 2.24) is 35.1 Å². The first-order valence-corrected chi connectivity index (χ1v) is 11.9. The Labute approximate surface area is 213 Å². The molecular weight excluding hydrogens is 490 g/mol. The van der Waals surface area contributed by atoms with Crippen LogP contribution in [0.3, 0.4) is 0 Å². The number of rotatable bonds is 5. The number of amides is 1. The minimum atomic E-state index is -0.606. The van der Waals surface area contributed by atoms with Crippen molar-refractivity contribution in [3.8, 4) is 33.9 Å². The van der Waals surface area contributed by atoms with E-state index in [1.165, 1.54) is 30.7 Å². The fraction of sp³-hybridized carbons (Fsp3) is 0.111. The van der Waals surface area contributed by atoms with Crippen LogP contribution >= 0.6 is 0 Å². The van der Waals surface area contributed by atoms with Gasteiger partial charge in [-0.05, 0) is 42.7 Å². The second kappa shape index (κ2) is 8.51. The molecule has 1 saturated carbocycles. The summed E-state index contributed by atoms with van der Waals surface area (Å²) in [5.41, 5.74) is 4.18. The Morgan fingerprint density at radius 1 is 0.974 bits per heavy atom. The molecule has 1 aliphatic carbocycles. The molecule has 9 nitrogen and oxygen atoms in total. The topological polar surface area (TPSA) is 125 Å². The van der Waals surface area contributed by atoms with E-state index in [0.29, 0.717) is 33.8 Å². The lowest BCUT2D eigenvalue weighted by Gasteiger charge is -2.07. The number of fused-ring (bicyclic) bond motifs is 2. The second-order valence-corrected chi connectivity index (χ2v) is 9.16. The molecule has 1 aliphatic rings. The van der Waals surface area contributed by atoms with Crippen LogP contribution in [0.5, 0.6) is 0 Å². The lowest BCUT2D eigenvalue weighted by Crippen LogP contribution is -2.13. The van der Waals surface area contributed by atoms with Gasteiger partial charge in [-0.25, -0.2) is 18.7 Å². The van der Waals surface area contributed by atoms with E-state index >= 15 is 4.39 Å². The van der Waals surface area contributed by atoms with Crippen LogP contribution in [-0.4, -0.2) is 41.0 Å². The number of hydrogen-bond donors (Lipinski definition) is 3. The number of imidazole rings is 1. The molecule has 0 aliphatic heterocycles. The largest absolute Gasteiger partial charge is 0.335 e. The fourth-order valence-electron chi connectivity index (χ4n) is 4.47. The minimum absolute atomic E-state index is 0.0280. The number of carbonyl (C=O) groups excluding carboxylic acids is 1. The average molecular weight is 508 g/mol. The van der Waals surface area contributed by atoms with Crippen molar-refractivity contribution < 1.29 is 13.6 Å². The third kappa shape index (κ3) is 3.76. The van der Waals surface area contributed by atoms with Gasteiger partial charge in [0.15, 0.2) is 17.3 Å². The second-order valence-electron chi connectivity index (χ2n) is 9.16. The Balaban J connectivity index is 1.31. The molecule has 0 unspecified atom stereocenters. The number of hydrogen-bond acceptors (Lipinski definition) is 6. The van der Waals surface area contributed by atoms with Crippen LogP contribution in [0, 0.1) is 17.6 Å². The van der Waals surface area contributed by atoms with E-state index in [1.54, 1.807) is 30.5 Å². The number of aromatic amines is 2. The van der Waals surface area contributed by atoms with Crippen molar-refractivity contribution in [3.05, 3.63) is 72.8 Å². The number of pyridine rings is 3. The quantitative estimate of drug-likeness (QED) is 0.292. The molecule has 0 spiro atoms. The molecule has 0 atom stereocenters. The molecule has 1 amide bonds. The van der Waals surface area contributed by atoms with Crippen molar-refractivity contribution in [2.45, 2.75) is 12.8 Å². The summed E-state index contributed by atoms with van der Waals surface area (Å²) < 4.78 is 29.4. The van der Waals surface area contributed by atoms with Crippen LogP contribution in [0.25, 0.3) is 56.0 Å². The van der Waals surface area contributed by atoms with Gasteiger partial charge in [-0.2, -0.15) is 5.10 Å². The highest BCUT2D eigenvalue weighted by Crippen LogP contribution is 2.35. The number of anilines is 1. The number of halogens is 2. The highest BCUT2D eigenvalue weighted by molar-refractivity contribution is 5.98. The molecule has 1 fully saturated rings. The first-order valence-electron chi connectivity index (χ1n) is 11.9. The minimum Gasteiger partial charge on any atom is -0.335 e. The highest BCUT2D eigenvalue weighted by atomic mass is 19.1. The Morgan fingerprint density at radius 3 is 2.63 bits per heavy atom. The zero-order valence-electron chi connectivity index (χ0n) is 19.7. The van der Waals surface area contributed by atoms with Gasteiger partial charge in [0.1, 0.15) is 17.2 Å². The van der Waals surface area contributed by atoms with Gasteiger partial charge in [-0.15, -0.1) is 0 Å². The zero-order chi connectivity index (χ0) is 25.8. The molecule has 5 aromatic heterocycles. The van der Waals surface area contributed by atoms with Gasteiger partial charge in [0.05, 0.1) is 34.5 Å². The average Bonchev–Trinajstić information content (AvgIpc) is 3.54. The van der Waals surface area contributed by atoms with Gasteiger partial charge >= 0.3 is 0 Å². The lowest BCUT2D eigenvalue weighted by molar-refractivity contribution is -0.117. The van der Waals surface area contributed by atoms with E-state index in [9.17, 15) is 9.18 Å². The number of carbonyl (C=O) groups is 1. The summed E-state index contributed by atoms with van der Waals surface area (Å²) in [4.78, 5) is 32.7. The number of H-pyrrole nitrogens is 2. The fourth-order valence-corrected chi connectivity index (χ4v) is 4.47. The number of nitrogens with zero attached hydrogens (tertiary/aromatic N) is 5. The monoisotopic (exact) mass is 508 g/mol. The Bertz CT molecular complexity index is 1860. The van der Waals surface area contributed by atoms with E-state index in [2.05, 4.69) is 40.4 Å². The molecule has 0 bridgehead atoms. The molecule has 0 radical (unpaired) electrons.